The molecule has 6 heteroatoms. The van der Waals surface area contributed by atoms with Gasteiger partial charge in [0.15, 0.2) is 5.82 Å². The topological polar surface area (TPSA) is 68.5 Å². The predicted octanol–water partition coefficient (Wildman–Crippen LogP) is 2.00. The molecule has 6 nitrogen and oxygen atoms in total. The van der Waals surface area contributed by atoms with Crippen molar-refractivity contribution in [2.24, 2.45) is 0 Å². The number of hydrogen-bond acceptors (Lipinski definition) is 5. The molecule has 1 aromatic heterocycles. The monoisotopic (exact) mass is 301 g/mol. The van der Waals surface area contributed by atoms with Gasteiger partial charge >= 0.3 is 0 Å². The number of nitrogens with zero attached hydrogens (tertiary/aromatic N) is 3. The number of ether oxygens (including phenoxy) is 1. The highest BCUT2D eigenvalue weighted by molar-refractivity contribution is 5.83. The Bertz CT molecular complexity index is 668. The molecule has 22 heavy (non-hydrogen) atoms. The largest absolute Gasteiger partial charge is 0.496 e. The molecule has 1 saturated heterocycles. The maximum atomic E-state index is 12.2. The first kappa shape index (κ1) is 14.6. The zero-order valence-electron chi connectivity index (χ0n) is 12.8. The van der Waals surface area contributed by atoms with Gasteiger partial charge in [-0.1, -0.05) is 23.4 Å². The number of likely N-dealkylation sites (N-methyl/N-ethyl adjacent to an activating group) is 1. The van der Waals surface area contributed by atoms with E-state index in [1.165, 1.54) is 0 Å². The minimum absolute atomic E-state index is 0.0544. The zero-order chi connectivity index (χ0) is 15.5. The maximum Gasteiger partial charge on any atom is 0.239 e. The normalized spacial score (nSPS) is 18.5. The van der Waals surface area contributed by atoms with E-state index < -0.39 is 0 Å². The molecule has 1 unspecified atom stereocenters. The van der Waals surface area contributed by atoms with Crippen molar-refractivity contribution < 1.29 is 14.1 Å². The van der Waals surface area contributed by atoms with Crippen LogP contribution in [0.15, 0.2) is 28.8 Å². The van der Waals surface area contributed by atoms with Crippen LogP contribution < -0.4 is 4.74 Å². The van der Waals surface area contributed by atoms with Gasteiger partial charge in [0.1, 0.15) is 11.7 Å². The van der Waals surface area contributed by atoms with Gasteiger partial charge in [-0.3, -0.25) is 4.79 Å². The molecule has 3 rings (SSSR count). The van der Waals surface area contributed by atoms with Crippen LogP contribution in [0.2, 0.25) is 0 Å². The predicted molar refractivity (Wildman–Crippen MR) is 79.7 cm³/mol. The molecule has 2 aromatic rings. The standard InChI is InChI=1S/C16H19N3O3/c1-19-9-5-7-12(16(19)20)15-17-14(18-22-15)10-11-6-3-4-8-13(11)21-2/h3-4,6,8,12H,5,7,9-10H2,1-2H3. The minimum atomic E-state index is -0.308. The quantitative estimate of drug-likeness (QED) is 0.864. The van der Waals surface area contributed by atoms with Gasteiger partial charge in [-0.15, -0.1) is 0 Å². The Morgan fingerprint density at radius 2 is 2.23 bits per heavy atom. The van der Waals surface area contributed by atoms with Crippen LogP contribution in [-0.2, 0) is 11.2 Å². The van der Waals surface area contributed by atoms with Gasteiger partial charge in [-0.05, 0) is 18.9 Å². The van der Waals surface area contributed by atoms with Crippen molar-refractivity contribution in [1.82, 2.24) is 15.0 Å². The summed E-state index contributed by atoms with van der Waals surface area (Å²) in [5, 5.41) is 4.01. The summed E-state index contributed by atoms with van der Waals surface area (Å²) in [5.41, 5.74) is 0.990. The SMILES string of the molecule is COc1ccccc1Cc1noc(C2CCCN(C)C2=O)n1. The molecule has 0 bridgehead atoms. The fourth-order valence-electron chi connectivity index (χ4n) is 2.76. The molecule has 0 spiro atoms. The molecule has 1 aromatic carbocycles. The number of likely N-dealkylation sites (tertiary alicyclic amines) is 1. The lowest BCUT2D eigenvalue weighted by Gasteiger charge is -2.26. The van der Waals surface area contributed by atoms with Crippen molar-refractivity contribution in [3.8, 4) is 5.75 Å². The smallest absolute Gasteiger partial charge is 0.239 e. The summed E-state index contributed by atoms with van der Waals surface area (Å²) in [6, 6.07) is 7.73. The lowest BCUT2D eigenvalue weighted by molar-refractivity contribution is -0.134. The summed E-state index contributed by atoms with van der Waals surface area (Å²) in [7, 11) is 3.44. The molecule has 0 aliphatic carbocycles. The molecule has 1 fully saturated rings. The summed E-state index contributed by atoms with van der Waals surface area (Å²) >= 11 is 0. The number of carbonyl (C=O) groups is 1. The number of benzene rings is 1. The first-order valence-corrected chi connectivity index (χ1v) is 7.38. The second-order valence-electron chi connectivity index (χ2n) is 5.49. The highest BCUT2D eigenvalue weighted by atomic mass is 16.5. The molecule has 1 atom stereocenters. The Balaban J connectivity index is 1.78. The third kappa shape index (κ3) is 2.81. The summed E-state index contributed by atoms with van der Waals surface area (Å²) in [6.45, 7) is 0.789. The van der Waals surface area contributed by atoms with E-state index in [0.29, 0.717) is 18.1 Å². The molecule has 0 saturated carbocycles. The third-order valence-electron chi connectivity index (χ3n) is 3.98. The molecule has 1 aliphatic heterocycles. The Morgan fingerprint density at radius 1 is 1.41 bits per heavy atom. The number of rotatable bonds is 4. The number of methoxy groups -OCH3 is 1. The average Bonchev–Trinajstić information content (AvgIpc) is 2.99. The van der Waals surface area contributed by atoms with Crippen LogP contribution in [0.4, 0.5) is 0 Å². The number of para-hydroxylation sites is 1. The highest BCUT2D eigenvalue weighted by Crippen LogP contribution is 2.27. The van der Waals surface area contributed by atoms with Crippen molar-refractivity contribution in [2.45, 2.75) is 25.2 Å². The zero-order valence-corrected chi connectivity index (χ0v) is 12.8. The lowest BCUT2D eigenvalue weighted by atomic mass is 9.97. The Labute approximate surface area is 129 Å². The molecular formula is C16H19N3O3. The van der Waals surface area contributed by atoms with E-state index in [1.54, 1.807) is 19.1 Å². The van der Waals surface area contributed by atoms with Crippen LogP contribution in [0.25, 0.3) is 0 Å². The molecular weight excluding hydrogens is 282 g/mol. The van der Waals surface area contributed by atoms with Gasteiger partial charge < -0.3 is 14.2 Å². The summed E-state index contributed by atoms with van der Waals surface area (Å²) < 4.78 is 10.6. The molecule has 1 aliphatic rings. The van der Waals surface area contributed by atoms with Gasteiger partial charge in [0.2, 0.25) is 11.8 Å². The number of carbonyl (C=O) groups excluding carboxylic acids is 1. The maximum absolute atomic E-state index is 12.2. The Hall–Kier alpha value is -2.37. The van der Waals surface area contributed by atoms with Gasteiger partial charge in [-0.2, -0.15) is 4.98 Å². The number of aromatic nitrogens is 2. The summed E-state index contributed by atoms with van der Waals surface area (Å²) in [5.74, 6) is 1.53. The van der Waals surface area contributed by atoms with E-state index in [0.717, 1.165) is 30.7 Å². The molecule has 2 heterocycles. The Morgan fingerprint density at radius 3 is 3.05 bits per heavy atom. The molecule has 1 amide bonds. The van der Waals surface area contributed by atoms with Crippen molar-refractivity contribution in [3.63, 3.8) is 0 Å². The van der Waals surface area contributed by atoms with E-state index in [4.69, 9.17) is 9.26 Å². The van der Waals surface area contributed by atoms with Crippen molar-refractivity contribution in [1.29, 1.82) is 0 Å². The van der Waals surface area contributed by atoms with Crippen molar-refractivity contribution in [2.75, 3.05) is 20.7 Å². The molecule has 0 N–H and O–H groups in total. The van der Waals surface area contributed by atoms with Crippen LogP contribution in [0.1, 0.15) is 36.0 Å². The first-order chi connectivity index (χ1) is 10.7. The van der Waals surface area contributed by atoms with Gasteiger partial charge in [0.05, 0.1) is 7.11 Å². The number of piperidine rings is 1. The number of hydrogen-bond donors (Lipinski definition) is 0. The van der Waals surface area contributed by atoms with Crippen molar-refractivity contribution in [3.05, 3.63) is 41.5 Å². The van der Waals surface area contributed by atoms with Crippen molar-refractivity contribution >= 4 is 5.91 Å². The number of amides is 1. The fraction of sp³-hybridized carbons (Fsp3) is 0.438. The lowest BCUT2D eigenvalue weighted by Crippen LogP contribution is -2.37. The molecule has 116 valence electrons. The third-order valence-corrected chi connectivity index (χ3v) is 3.98. The van der Waals surface area contributed by atoms with Crippen LogP contribution in [0, 0.1) is 0 Å². The second-order valence-corrected chi connectivity index (χ2v) is 5.49. The van der Waals surface area contributed by atoms with Gasteiger partial charge in [-0.25, -0.2) is 0 Å². The van der Waals surface area contributed by atoms with Crippen LogP contribution in [0.5, 0.6) is 5.75 Å². The van der Waals surface area contributed by atoms with Crippen LogP contribution >= 0.6 is 0 Å². The summed E-state index contributed by atoms with van der Waals surface area (Å²) in [6.07, 6.45) is 2.24. The van der Waals surface area contributed by atoms with E-state index in [9.17, 15) is 4.79 Å². The molecule has 0 radical (unpaired) electrons. The Kier molecular flexibility index (Phi) is 4.09. The first-order valence-electron chi connectivity index (χ1n) is 7.38. The van der Waals surface area contributed by atoms with E-state index in [2.05, 4.69) is 10.1 Å². The van der Waals surface area contributed by atoms with Crippen LogP contribution in [0.3, 0.4) is 0 Å². The van der Waals surface area contributed by atoms with Gasteiger partial charge in [0, 0.05) is 25.6 Å². The van der Waals surface area contributed by atoms with E-state index in [1.807, 2.05) is 24.3 Å². The fourth-order valence-corrected chi connectivity index (χ4v) is 2.76. The average molecular weight is 301 g/mol. The summed E-state index contributed by atoms with van der Waals surface area (Å²) in [4.78, 5) is 18.3. The van der Waals surface area contributed by atoms with Crippen LogP contribution in [-0.4, -0.2) is 41.6 Å². The highest BCUT2D eigenvalue weighted by Gasteiger charge is 2.32. The minimum Gasteiger partial charge on any atom is -0.496 e. The van der Waals surface area contributed by atoms with Gasteiger partial charge in [0.25, 0.3) is 0 Å². The second kappa shape index (κ2) is 6.17. The van der Waals surface area contributed by atoms with E-state index in [-0.39, 0.29) is 11.8 Å². The van der Waals surface area contributed by atoms with E-state index >= 15 is 0 Å².